The van der Waals surface area contributed by atoms with Gasteiger partial charge >= 0.3 is 0 Å². The van der Waals surface area contributed by atoms with Crippen LogP contribution >= 0.6 is 0 Å². The fraction of sp³-hybridized carbons (Fsp3) is 0.818. The van der Waals surface area contributed by atoms with Crippen LogP contribution in [0.2, 0.25) is 0 Å². The minimum atomic E-state index is 0.431. The topological polar surface area (TPSA) is 30.5 Å². The van der Waals surface area contributed by atoms with E-state index in [2.05, 4.69) is 12.2 Å². The normalized spacial score (nSPS) is 18.6. The summed E-state index contributed by atoms with van der Waals surface area (Å²) >= 11 is 0. The Labute approximate surface area is 86.5 Å². The van der Waals surface area contributed by atoms with Gasteiger partial charge in [-0.2, -0.15) is 0 Å². The molecule has 0 saturated heterocycles. The van der Waals surface area contributed by atoms with Gasteiger partial charge in [-0.3, -0.25) is 0 Å². The molecule has 0 spiro atoms. The monoisotopic (exact) mass is 199 g/mol. The highest BCUT2D eigenvalue weighted by molar-refractivity contribution is 5.09. The van der Waals surface area contributed by atoms with Crippen molar-refractivity contribution in [2.24, 2.45) is 0 Å². The van der Waals surface area contributed by atoms with Gasteiger partial charge < -0.3 is 14.8 Å². The highest BCUT2D eigenvalue weighted by Crippen LogP contribution is 2.17. The van der Waals surface area contributed by atoms with Crippen molar-refractivity contribution in [2.75, 3.05) is 26.9 Å². The second-order valence-electron chi connectivity index (χ2n) is 3.56. The highest BCUT2D eigenvalue weighted by Gasteiger charge is 2.15. The summed E-state index contributed by atoms with van der Waals surface area (Å²) in [5.41, 5.74) is 1.38. The van der Waals surface area contributed by atoms with Crippen LogP contribution in [-0.4, -0.2) is 32.9 Å². The van der Waals surface area contributed by atoms with Crippen molar-refractivity contribution in [1.82, 2.24) is 5.32 Å². The van der Waals surface area contributed by atoms with E-state index in [4.69, 9.17) is 9.47 Å². The molecule has 0 aromatic rings. The zero-order valence-electron chi connectivity index (χ0n) is 9.21. The third-order valence-corrected chi connectivity index (χ3v) is 2.47. The Hall–Kier alpha value is -0.540. The van der Waals surface area contributed by atoms with Gasteiger partial charge in [0.25, 0.3) is 0 Å². The molecule has 1 atom stereocenters. The average molecular weight is 199 g/mol. The molecule has 3 nitrogen and oxygen atoms in total. The largest absolute Gasteiger partial charge is 0.501 e. The van der Waals surface area contributed by atoms with Crippen LogP contribution in [0.1, 0.15) is 26.2 Å². The van der Waals surface area contributed by atoms with Crippen molar-refractivity contribution in [3.63, 3.8) is 0 Å². The zero-order chi connectivity index (χ0) is 10.2. The van der Waals surface area contributed by atoms with E-state index in [1.807, 2.05) is 6.26 Å². The lowest BCUT2D eigenvalue weighted by atomic mass is 9.99. The minimum absolute atomic E-state index is 0.431. The predicted molar refractivity (Wildman–Crippen MR) is 57.2 cm³/mol. The Morgan fingerprint density at radius 3 is 3.07 bits per heavy atom. The van der Waals surface area contributed by atoms with Crippen molar-refractivity contribution in [3.8, 4) is 0 Å². The fourth-order valence-electron chi connectivity index (χ4n) is 1.74. The Balaban J connectivity index is 2.42. The van der Waals surface area contributed by atoms with E-state index in [-0.39, 0.29) is 0 Å². The molecule has 1 unspecified atom stereocenters. The summed E-state index contributed by atoms with van der Waals surface area (Å²) in [6.45, 7) is 4.79. The van der Waals surface area contributed by atoms with Crippen LogP contribution in [0.25, 0.3) is 0 Å². The molecule has 3 heteroatoms. The van der Waals surface area contributed by atoms with E-state index >= 15 is 0 Å². The molecule has 14 heavy (non-hydrogen) atoms. The Bertz CT molecular complexity index is 180. The van der Waals surface area contributed by atoms with E-state index in [0.29, 0.717) is 6.04 Å². The van der Waals surface area contributed by atoms with Crippen molar-refractivity contribution in [3.05, 3.63) is 11.8 Å². The molecule has 1 N–H and O–H groups in total. The third kappa shape index (κ3) is 3.68. The van der Waals surface area contributed by atoms with E-state index in [9.17, 15) is 0 Å². The van der Waals surface area contributed by atoms with Crippen LogP contribution in [0.15, 0.2) is 11.8 Å². The number of hydrogen-bond donors (Lipinski definition) is 1. The predicted octanol–water partition coefficient (Wildman–Crippen LogP) is 1.70. The van der Waals surface area contributed by atoms with Gasteiger partial charge in [-0.15, -0.1) is 0 Å². The molecular formula is C11H21NO2. The fourth-order valence-corrected chi connectivity index (χ4v) is 1.74. The van der Waals surface area contributed by atoms with Crippen molar-refractivity contribution < 1.29 is 9.47 Å². The molecule has 0 radical (unpaired) electrons. The lowest BCUT2D eigenvalue weighted by Gasteiger charge is -2.23. The van der Waals surface area contributed by atoms with Gasteiger partial charge in [0.1, 0.15) is 0 Å². The maximum Gasteiger partial charge on any atom is 0.0876 e. The molecule has 1 aliphatic rings. The summed E-state index contributed by atoms with van der Waals surface area (Å²) in [5, 5.41) is 3.46. The van der Waals surface area contributed by atoms with E-state index in [1.165, 1.54) is 5.57 Å². The van der Waals surface area contributed by atoms with Crippen LogP contribution < -0.4 is 5.32 Å². The Morgan fingerprint density at radius 2 is 2.50 bits per heavy atom. The number of methoxy groups -OCH3 is 1. The van der Waals surface area contributed by atoms with Crippen LogP contribution in [0.4, 0.5) is 0 Å². The second kappa shape index (κ2) is 6.85. The van der Waals surface area contributed by atoms with Crippen LogP contribution in [0.5, 0.6) is 0 Å². The number of likely N-dealkylation sites (N-methyl/N-ethyl adjacent to an activating group) is 1. The molecule has 0 aliphatic carbocycles. The van der Waals surface area contributed by atoms with Crippen molar-refractivity contribution in [2.45, 2.75) is 32.2 Å². The summed E-state index contributed by atoms with van der Waals surface area (Å²) in [4.78, 5) is 0. The van der Waals surface area contributed by atoms with Gasteiger partial charge in [-0.05, 0) is 31.4 Å². The molecule has 0 aromatic carbocycles. The van der Waals surface area contributed by atoms with Crippen molar-refractivity contribution in [1.29, 1.82) is 0 Å². The van der Waals surface area contributed by atoms with Gasteiger partial charge in [0, 0.05) is 19.8 Å². The molecule has 0 bridgehead atoms. The summed E-state index contributed by atoms with van der Waals surface area (Å²) in [6, 6.07) is 0.431. The maximum absolute atomic E-state index is 5.35. The molecule has 0 amide bonds. The van der Waals surface area contributed by atoms with E-state index < -0.39 is 0 Å². The molecule has 82 valence electrons. The molecule has 0 saturated carbocycles. The first-order chi connectivity index (χ1) is 6.88. The highest BCUT2D eigenvalue weighted by atomic mass is 16.5. The van der Waals surface area contributed by atoms with E-state index in [0.717, 1.165) is 39.0 Å². The van der Waals surface area contributed by atoms with Gasteiger partial charge in [0.2, 0.25) is 0 Å². The van der Waals surface area contributed by atoms with E-state index in [1.54, 1.807) is 7.11 Å². The smallest absolute Gasteiger partial charge is 0.0876 e. The molecule has 0 fully saturated rings. The standard InChI is InChI=1S/C11H21NO2/c1-3-12-11(6-8-13-2)10-5-4-7-14-9-10/h9,11-12H,3-8H2,1-2H3. The first kappa shape index (κ1) is 11.5. The third-order valence-electron chi connectivity index (χ3n) is 2.47. The SMILES string of the molecule is CCNC(CCOC)C1=COCCC1. The Morgan fingerprint density at radius 1 is 1.64 bits per heavy atom. The first-order valence-corrected chi connectivity index (χ1v) is 5.41. The molecule has 0 aromatic heterocycles. The summed E-state index contributed by atoms with van der Waals surface area (Å²) in [5.74, 6) is 0. The molecule has 1 rings (SSSR count). The summed E-state index contributed by atoms with van der Waals surface area (Å²) < 4.78 is 10.4. The first-order valence-electron chi connectivity index (χ1n) is 5.41. The van der Waals surface area contributed by atoms with Crippen LogP contribution in [0, 0.1) is 0 Å². The summed E-state index contributed by atoms with van der Waals surface area (Å²) in [7, 11) is 1.74. The van der Waals surface area contributed by atoms with Gasteiger partial charge in [0.15, 0.2) is 0 Å². The van der Waals surface area contributed by atoms with Gasteiger partial charge in [-0.25, -0.2) is 0 Å². The van der Waals surface area contributed by atoms with Crippen LogP contribution in [0.3, 0.4) is 0 Å². The molecule has 1 aliphatic heterocycles. The number of hydrogen-bond acceptors (Lipinski definition) is 3. The lowest BCUT2D eigenvalue weighted by molar-refractivity contribution is 0.180. The number of nitrogens with one attached hydrogen (secondary N) is 1. The second-order valence-corrected chi connectivity index (χ2v) is 3.56. The van der Waals surface area contributed by atoms with Crippen LogP contribution in [-0.2, 0) is 9.47 Å². The molecular weight excluding hydrogens is 178 g/mol. The van der Waals surface area contributed by atoms with Crippen molar-refractivity contribution >= 4 is 0 Å². The number of rotatable bonds is 6. The minimum Gasteiger partial charge on any atom is -0.501 e. The average Bonchev–Trinajstić information content (AvgIpc) is 2.25. The van der Waals surface area contributed by atoms with Gasteiger partial charge in [0.05, 0.1) is 12.9 Å². The molecule has 1 heterocycles. The quantitative estimate of drug-likeness (QED) is 0.706. The number of ether oxygens (including phenoxy) is 2. The lowest BCUT2D eigenvalue weighted by Crippen LogP contribution is -2.33. The Kier molecular flexibility index (Phi) is 5.64. The zero-order valence-corrected chi connectivity index (χ0v) is 9.21. The summed E-state index contributed by atoms with van der Waals surface area (Å²) in [6.07, 6.45) is 5.24. The maximum atomic E-state index is 5.35. The van der Waals surface area contributed by atoms with Gasteiger partial charge in [-0.1, -0.05) is 6.92 Å².